The van der Waals surface area contributed by atoms with Crippen LogP contribution < -0.4 is 10.7 Å². The van der Waals surface area contributed by atoms with Gasteiger partial charge in [0.25, 0.3) is 11.8 Å². The molecule has 0 radical (unpaired) electrons. The number of nitro groups is 1. The number of hydrazone groups is 1. The third kappa shape index (κ3) is 5.56. The summed E-state index contributed by atoms with van der Waals surface area (Å²) >= 11 is 7.40. The minimum Gasteiger partial charge on any atom is -0.502 e. The Kier molecular flexibility index (Phi) is 7.32. The van der Waals surface area contributed by atoms with Gasteiger partial charge in [-0.3, -0.25) is 19.7 Å². The number of aromatic hydroxyl groups is 1. The molecule has 3 rings (SSSR count). The van der Waals surface area contributed by atoms with E-state index < -0.39 is 28.2 Å². The number of halogens is 1. The molecule has 0 bridgehead atoms. The van der Waals surface area contributed by atoms with E-state index in [2.05, 4.69) is 15.8 Å². The molecule has 0 fully saturated rings. The maximum Gasteiger partial charge on any atom is 0.311 e. The first kappa shape index (κ1) is 22.7. The standard InChI is InChI=1S/C21H15ClN4O5S/c22-16-8-2-1-7-15(16)20(28)24-17(11-14-6-4-10-32-14)21(29)25-23-12-13-5-3-9-18(19(13)27)26(30)31/h1-12,27H,(H,24,28)(H,25,29)/b17-11+,23-12+. The smallest absolute Gasteiger partial charge is 0.311 e. The molecule has 11 heteroatoms. The molecule has 3 N–H and O–H groups in total. The number of nitrogens with zero attached hydrogens (tertiary/aromatic N) is 2. The summed E-state index contributed by atoms with van der Waals surface area (Å²) in [5.74, 6) is -1.93. The van der Waals surface area contributed by atoms with Gasteiger partial charge in [0, 0.05) is 16.5 Å². The Morgan fingerprint density at radius 1 is 1.12 bits per heavy atom. The summed E-state index contributed by atoms with van der Waals surface area (Å²) in [6.45, 7) is 0. The summed E-state index contributed by atoms with van der Waals surface area (Å²) in [4.78, 5) is 36.1. The van der Waals surface area contributed by atoms with Gasteiger partial charge in [0.05, 0.1) is 21.7 Å². The number of para-hydroxylation sites is 1. The molecule has 9 nitrogen and oxygen atoms in total. The number of carbonyl (C=O) groups excluding carboxylic acids is 2. The Labute approximate surface area is 190 Å². The fourth-order valence-corrected chi connectivity index (χ4v) is 3.41. The van der Waals surface area contributed by atoms with Crippen LogP contribution >= 0.6 is 22.9 Å². The van der Waals surface area contributed by atoms with Crippen LogP contribution in [0.3, 0.4) is 0 Å². The van der Waals surface area contributed by atoms with Crippen molar-refractivity contribution >= 4 is 52.7 Å². The van der Waals surface area contributed by atoms with Gasteiger partial charge in [0.2, 0.25) is 5.75 Å². The molecule has 1 aromatic heterocycles. The van der Waals surface area contributed by atoms with Crippen molar-refractivity contribution in [1.82, 2.24) is 10.7 Å². The second-order valence-electron chi connectivity index (χ2n) is 6.18. The first-order valence-corrected chi connectivity index (χ1v) is 10.2. The van der Waals surface area contributed by atoms with Crippen LogP contribution in [0, 0.1) is 10.1 Å². The number of thiophene rings is 1. The van der Waals surface area contributed by atoms with Gasteiger partial charge in [-0.05, 0) is 35.7 Å². The second-order valence-corrected chi connectivity index (χ2v) is 7.57. The number of rotatable bonds is 7. The van der Waals surface area contributed by atoms with Crippen LogP contribution in [0.2, 0.25) is 5.02 Å². The van der Waals surface area contributed by atoms with E-state index in [-0.39, 0.29) is 21.8 Å². The SMILES string of the molecule is O=C(N/N=C/c1cccc([N+](=O)[O-])c1O)/C(=C\c1cccs1)NC(=O)c1ccccc1Cl. The van der Waals surface area contributed by atoms with Crippen LogP contribution in [0.15, 0.2) is 70.8 Å². The number of amides is 2. The minimum absolute atomic E-state index is 0.0309. The summed E-state index contributed by atoms with van der Waals surface area (Å²) < 4.78 is 0. The van der Waals surface area contributed by atoms with Crippen molar-refractivity contribution in [2.45, 2.75) is 0 Å². The van der Waals surface area contributed by atoms with Crippen LogP contribution in [0.5, 0.6) is 5.75 Å². The average molecular weight is 471 g/mol. The fourth-order valence-electron chi connectivity index (χ4n) is 2.53. The van der Waals surface area contributed by atoms with Crippen LogP contribution in [0.1, 0.15) is 20.8 Å². The lowest BCUT2D eigenvalue weighted by atomic mass is 10.2. The molecule has 0 aliphatic heterocycles. The molecule has 0 spiro atoms. The van der Waals surface area contributed by atoms with Crippen molar-refractivity contribution in [2.24, 2.45) is 5.10 Å². The zero-order valence-electron chi connectivity index (χ0n) is 16.2. The van der Waals surface area contributed by atoms with Crippen molar-refractivity contribution < 1.29 is 19.6 Å². The fraction of sp³-hybridized carbons (Fsp3) is 0. The van der Waals surface area contributed by atoms with Crippen molar-refractivity contribution in [3.8, 4) is 5.75 Å². The third-order valence-electron chi connectivity index (χ3n) is 4.05. The molecule has 2 amide bonds. The van der Waals surface area contributed by atoms with Gasteiger partial charge >= 0.3 is 5.69 Å². The number of benzene rings is 2. The third-order valence-corrected chi connectivity index (χ3v) is 5.20. The maximum absolute atomic E-state index is 12.7. The summed E-state index contributed by atoms with van der Waals surface area (Å²) in [6, 6.07) is 13.8. The molecule has 0 aliphatic carbocycles. The molecule has 162 valence electrons. The Balaban J connectivity index is 1.80. The van der Waals surface area contributed by atoms with Crippen molar-refractivity contribution in [1.29, 1.82) is 0 Å². The highest BCUT2D eigenvalue weighted by Crippen LogP contribution is 2.27. The van der Waals surface area contributed by atoms with Gasteiger partial charge in [-0.15, -0.1) is 11.3 Å². The Bertz CT molecular complexity index is 1220. The number of hydrogen-bond donors (Lipinski definition) is 3. The quantitative estimate of drug-likeness (QED) is 0.208. The highest BCUT2D eigenvalue weighted by Gasteiger charge is 2.17. The molecule has 0 saturated carbocycles. The zero-order valence-corrected chi connectivity index (χ0v) is 17.8. The highest BCUT2D eigenvalue weighted by molar-refractivity contribution is 7.10. The lowest BCUT2D eigenvalue weighted by Gasteiger charge is -2.09. The Morgan fingerprint density at radius 3 is 2.59 bits per heavy atom. The molecule has 1 heterocycles. The van der Waals surface area contributed by atoms with E-state index in [1.165, 1.54) is 35.6 Å². The molecule has 32 heavy (non-hydrogen) atoms. The number of carbonyl (C=O) groups is 2. The molecule has 0 atom stereocenters. The molecular formula is C21H15ClN4O5S. The number of nitro benzene ring substituents is 1. The minimum atomic E-state index is -0.750. The predicted octanol–water partition coefficient (Wildman–Crippen LogP) is 3.94. The van der Waals surface area contributed by atoms with Gasteiger partial charge in [-0.2, -0.15) is 5.10 Å². The van der Waals surface area contributed by atoms with Gasteiger partial charge in [0.15, 0.2) is 0 Å². The van der Waals surface area contributed by atoms with Crippen molar-refractivity contribution in [2.75, 3.05) is 0 Å². The van der Waals surface area contributed by atoms with E-state index in [4.69, 9.17) is 11.6 Å². The summed E-state index contributed by atoms with van der Waals surface area (Å²) in [6.07, 6.45) is 2.52. The molecule has 2 aromatic carbocycles. The molecule has 0 aliphatic rings. The highest BCUT2D eigenvalue weighted by atomic mass is 35.5. The molecule has 0 saturated heterocycles. The number of nitrogens with one attached hydrogen (secondary N) is 2. The van der Waals surface area contributed by atoms with E-state index in [1.54, 1.807) is 35.7 Å². The summed E-state index contributed by atoms with van der Waals surface area (Å²) in [5.41, 5.74) is 1.85. The first-order chi connectivity index (χ1) is 15.4. The maximum atomic E-state index is 12.7. The average Bonchev–Trinajstić information content (AvgIpc) is 3.27. The Morgan fingerprint density at radius 2 is 1.91 bits per heavy atom. The van der Waals surface area contributed by atoms with Crippen LogP contribution in [0.4, 0.5) is 5.69 Å². The van der Waals surface area contributed by atoms with E-state index >= 15 is 0 Å². The second kappa shape index (κ2) is 10.3. The van der Waals surface area contributed by atoms with Crippen LogP contribution in [-0.2, 0) is 4.79 Å². The largest absolute Gasteiger partial charge is 0.502 e. The van der Waals surface area contributed by atoms with Gasteiger partial charge in [-0.25, -0.2) is 5.43 Å². The number of phenolic OH excluding ortho intramolecular Hbond substituents is 1. The van der Waals surface area contributed by atoms with E-state index in [0.29, 0.717) is 4.88 Å². The van der Waals surface area contributed by atoms with Crippen LogP contribution in [0.25, 0.3) is 6.08 Å². The van der Waals surface area contributed by atoms with E-state index in [1.807, 2.05) is 0 Å². The van der Waals surface area contributed by atoms with E-state index in [0.717, 1.165) is 12.3 Å². The lowest BCUT2D eigenvalue weighted by molar-refractivity contribution is -0.385. The van der Waals surface area contributed by atoms with Gasteiger partial charge < -0.3 is 10.4 Å². The zero-order chi connectivity index (χ0) is 23.1. The molecule has 0 unspecified atom stereocenters. The first-order valence-electron chi connectivity index (χ1n) is 8.97. The Hall–Kier alpha value is -4.02. The lowest BCUT2D eigenvalue weighted by Crippen LogP contribution is -2.33. The summed E-state index contributed by atoms with van der Waals surface area (Å²) in [7, 11) is 0. The summed E-state index contributed by atoms with van der Waals surface area (Å²) in [5, 5.41) is 29.1. The van der Waals surface area contributed by atoms with Gasteiger partial charge in [-0.1, -0.05) is 35.9 Å². The van der Waals surface area contributed by atoms with Crippen molar-refractivity contribution in [3.05, 3.63) is 96.8 Å². The van der Waals surface area contributed by atoms with Crippen molar-refractivity contribution in [3.63, 3.8) is 0 Å². The predicted molar refractivity (Wildman–Crippen MR) is 122 cm³/mol. The normalized spacial score (nSPS) is 11.3. The topological polar surface area (TPSA) is 134 Å². The molecular weight excluding hydrogens is 456 g/mol. The number of phenols is 1. The molecule has 3 aromatic rings. The van der Waals surface area contributed by atoms with Gasteiger partial charge in [0.1, 0.15) is 5.70 Å². The number of hydrogen-bond acceptors (Lipinski definition) is 7. The van der Waals surface area contributed by atoms with E-state index in [9.17, 15) is 24.8 Å². The monoisotopic (exact) mass is 470 g/mol. The van der Waals surface area contributed by atoms with Crippen LogP contribution in [-0.4, -0.2) is 28.1 Å².